The van der Waals surface area contributed by atoms with Gasteiger partial charge in [-0.3, -0.25) is 4.57 Å². The minimum Gasteiger partial charge on any atom is -0.354 e. The Morgan fingerprint density at radius 1 is 1.28 bits per heavy atom. The number of fused-ring (bicyclic) bond motifs is 1. The first kappa shape index (κ1) is 18.2. The predicted octanol–water partition coefficient (Wildman–Crippen LogP) is 4.42. The summed E-state index contributed by atoms with van der Waals surface area (Å²) in [5.74, 6) is 0.410. The Bertz CT molecular complexity index is 820. The fourth-order valence-corrected chi connectivity index (χ4v) is 3.96. The van der Waals surface area contributed by atoms with Gasteiger partial charge in [-0.15, -0.1) is 0 Å². The van der Waals surface area contributed by atoms with Crippen LogP contribution in [0.1, 0.15) is 66.3 Å². The summed E-state index contributed by atoms with van der Waals surface area (Å²) in [7, 11) is 0. The first-order valence-corrected chi connectivity index (χ1v) is 9.18. The summed E-state index contributed by atoms with van der Waals surface area (Å²) >= 11 is 0. The molecule has 0 aliphatic carbocycles. The van der Waals surface area contributed by atoms with Crippen molar-refractivity contribution in [2.75, 3.05) is 0 Å². The summed E-state index contributed by atoms with van der Waals surface area (Å²) in [6.07, 6.45) is 3.63. The predicted molar refractivity (Wildman–Crippen MR) is 101 cm³/mol. The summed E-state index contributed by atoms with van der Waals surface area (Å²) in [6.45, 7) is 15.5. The molecule has 2 aromatic rings. The van der Waals surface area contributed by atoms with Crippen LogP contribution in [0.3, 0.4) is 0 Å². The van der Waals surface area contributed by atoms with Crippen LogP contribution in [0.15, 0.2) is 17.1 Å². The fourth-order valence-electron chi connectivity index (χ4n) is 3.96. The summed E-state index contributed by atoms with van der Waals surface area (Å²) in [5, 5.41) is 0.951. The standard InChI is InChI=1S/C20H31N3O2/c1-12-8-13-11-23(18(24)22-17(13)21-12)16-9-14(20(5,6)7)15(25-16)10-19(2,3)4/h8,11,14-16H,9-10H2,1-7H3,(H,21,22,24)/t14-,15?,16-/m1/s1. The van der Waals surface area contributed by atoms with Crippen molar-refractivity contribution in [3.63, 3.8) is 0 Å². The number of hydrogen-bond acceptors (Lipinski definition) is 3. The average Bonchev–Trinajstić information content (AvgIpc) is 2.97. The molecule has 0 spiro atoms. The number of rotatable bonds is 2. The Hall–Kier alpha value is -1.62. The van der Waals surface area contributed by atoms with Crippen LogP contribution >= 0.6 is 0 Å². The van der Waals surface area contributed by atoms with Crippen molar-refractivity contribution < 1.29 is 4.74 Å². The molecule has 3 rings (SSSR count). The van der Waals surface area contributed by atoms with Crippen molar-refractivity contribution >= 4 is 11.0 Å². The molecule has 0 saturated carbocycles. The number of nitrogens with zero attached hydrogens (tertiary/aromatic N) is 2. The molecular weight excluding hydrogens is 314 g/mol. The lowest BCUT2D eigenvalue weighted by atomic mass is 9.73. The second kappa shape index (κ2) is 5.97. The molecule has 0 aromatic carbocycles. The SMILES string of the molecule is Cc1cc2cn([C@H]3C[C@@H](C(C)(C)C)C(CC(C)(C)C)O3)c(=O)nc2[nH]1. The molecule has 1 aliphatic heterocycles. The van der Waals surface area contributed by atoms with Crippen LogP contribution in [-0.4, -0.2) is 20.6 Å². The molecule has 0 bridgehead atoms. The van der Waals surface area contributed by atoms with Crippen LogP contribution < -0.4 is 5.69 Å². The molecule has 1 saturated heterocycles. The average molecular weight is 345 g/mol. The van der Waals surface area contributed by atoms with Gasteiger partial charge in [0.15, 0.2) is 0 Å². The largest absolute Gasteiger partial charge is 0.354 e. The summed E-state index contributed by atoms with van der Waals surface area (Å²) in [6, 6.07) is 2.01. The zero-order valence-electron chi connectivity index (χ0n) is 16.5. The van der Waals surface area contributed by atoms with Crippen molar-refractivity contribution in [2.45, 2.75) is 73.6 Å². The van der Waals surface area contributed by atoms with Crippen molar-refractivity contribution in [3.05, 3.63) is 28.4 Å². The number of hydrogen-bond donors (Lipinski definition) is 1. The quantitative estimate of drug-likeness (QED) is 0.876. The third-order valence-electron chi connectivity index (χ3n) is 5.14. The van der Waals surface area contributed by atoms with Gasteiger partial charge in [-0.1, -0.05) is 41.5 Å². The van der Waals surface area contributed by atoms with Gasteiger partial charge in [0.1, 0.15) is 11.9 Å². The van der Waals surface area contributed by atoms with Crippen LogP contribution in [0.4, 0.5) is 0 Å². The molecule has 0 radical (unpaired) electrons. The molecule has 1 unspecified atom stereocenters. The van der Waals surface area contributed by atoms with Gasteiger partial charge in [-0.2, -0.15) is 4.98 Å². The monoisotopic (exact) mass is 345 g/mol. The third-order valence-corrected chi connectivity index (χ3v) is 5.14. The van der Waals surface area contributed by atoms with Crippen LogP contribution in [0.25, 0.3) is 11.0 Å². The third kappa shape index (κ3) is 3.81. The number of nitrogens with one attached hydrogen (secondary N) is 1. The summed E-state index contributed by atoms with van der Waals surface area (Å²) in [5.41, 5.74) is 1.73. The molecule has 0 amide bonds. The van der Waals surface area contributed by atoms with Gasteiger partial charge in [0, 0.05) is 17.3 Å². The second-order valence-corrected chi connectivity index (χ2v) is 9.79. The lowest BCUT2D eigenvalue weighted by molar-refractivity contribution is -0.0339. The lowest BCUT2D eigenvalue weighted by Crippen LogP contribution is -2.31. The molecule has 5 heteroatoms. The number of aromatic amines is 1. The topological polar surface area (TPSA) is 59.9 Å². The van der Waals surface area contributed by atoms with E-state index in [0.29, 0.717) is 11.6 Å². The van der Waals surface area contributed by atoms with Crippen LogP contribution in [0.5, 0.6) is 0 Å². The first-order valence-electron chi connectivity index (χ1n) is 9.18. The van der Waals surface area contributed by atoms with Gasteiger partial charge in [-0.05, 0) is 42.6 Å². The lowest BCUT2D eigenvalue weighted by Gasteiger charge is -2.33. The van der Waals surface area contributed by atoms with Gasteiger partial charge in [-0.25, -0.2) is 4.79 Å². The number of aromatic nitrogens is 3. The van der Waals surface area contributed by atoms with Gasteiger partial charge in [0.2, 0.25) is 0 Å². The fraction of sp³-hybridized carbons (Fsp3) is 0.700. The van der Waals surface area contributed by atoms with Crippen molar-refractivity contribution in [1.82, 2.24) is 14.5 Å². The zero-order chi connectivity index (χ0) is 18.6. The van der Waals surface area contributed by atoms with E-state index in [9.17, 15) is 4.79 Å². The van der Waals surface area contributed by atoms with E-state index in [1.54, 1.807) is 4.57 Å². The van der Waals surface area contributed by atoms with E-state index < -0.39 is 0 Å². The number of aryl methyl sites for hydroxylation is 1. The molecule has 25 heavy (non-hydrogen) atoms. The Balaban J connectivity index is 1.95. The van der Waals surface area contributed by atoms with Crippen LogP contribution in [0, 0.1) is 23.7 Å². The van der Waals surface area contributed by atoms with Crippen molar-refractivity contribution in [1.29, 1.82) is 0 Å². The van der Waals surface area contributed by atoms with E-state index in [2.05, 4.69) is 51.5 Å². The molecule has 1 fully saturated rings. The summed E-state index contributed by atoms with van der Waals surface area (Å²) < 4.78 is 8.09. The molecular formula is C20H31N3O2. The van der Waals surface area contributed by atoms with E-state index in [4.69, 9.17) is 4.74 Å². The molecule has 5 nitrogen and oxygen atoms in total. The maximum Gasteiger partial charge on any atom is 0.351 e. The maximum absolute atomic E-state index is 12.5. The number of ether oxygens (including phenoxy) is 1. The maximum atomic E-state index is 12.5. The van der Waals surface area contributed by atoms with E-state index in [0.717, 1.165) is 23.9 Å². The highest BCUT2D eigenvalue weighted by Gasteiger charge is 2.44. The smallest absolute Gasteiger partial charge is 0.351 e. The van der Waals surface area contributed by atoms with Gasteiger partial charge in [0.25, 0.3) is 0 Å². The first-order chi connectivity index (χ1) is 11.4. The van der Waals surface area contributed by atoms with E-state index in [1.165, 1.54) is 0 Å². The Morgan fingerprint density at radius 3 is 2.56 bits per heavy atom. The normalized spacial score (nSPS) is 25.0. The van der Waals surface area contributed by atoms with E-state index in [1.807, 2.05) is 19.2 Å². The molecule has 3 heterocycles. The van der Waals surface area contributed by atoms with Crippen LogP contribution in [-0.2, 0) is 4.74 Å². The van der Waals surface area contributed by atoms with Gasteiger partial charge in [0.05, 0.1) is 6.10 Å². The van der Waals surface area contributed by atoms with Crippen molar-refractivity contribution in [3.8, 4) is 0 Å². The summed E-state index contributed by atoms with van der Waals surface area (Å²) in [4.78, 5) is 19.9. The Kier molecular flexibility index (Phi) is 4.34. The molecule has 3 atom stereocenters. The van der Waals surface area contributed by atoms with E-state index >= 15 is 0 Å². The molecule has 2 aromatic heterocycles. The van der Waals surface area contributed by atoms with Gasteiger partial charge >= 0.3 is 5.69 Å². The Morgan fingerprint density at radius 2 is 1.96 bits per heavy atom. The second-order valence-electron chi connectivity index (χ2n) is 9.79. The number of H-pyrrole nitrogens is 1. The molecule has 138 valence electrons. The minimum atomic E-state index is -0.247. The highest BCUT2D eigenvalue weighted by molar-refractivity contribution is 5.75. The van der Waals surface area contributed by atoms with Crippen molar-refractivity contribution in [2.24, 2.45) is 16.7 Å². The van der Waals surface area contributed by atoms with Gasteiger partial charge < -0.3 is 9.72 Å². The highest BCUT2D eigenvalue weighted by Crippen LogP contribution is 2.46. The van der Waals surface area contributed by atoms with Crippen LogP contribution in [0.2, 0.25) is 0 Å². The van der Waals surface area contributed by atoms with E-state index in [-0.39, 0.29) is 28.9 Å². The Labute approximate surface area is 149 Å². The molecule has 1 aliphatic rings. The zero-order valence-corrected chi connectivity index (χ0v) is 16.5. The minimum absolute atomic E-state index is 0.135. The highest BCUT2D eigenvalue weighted by atomic mass is 16.5. The molecule has 1 N–H and O–H groups in total.